The van der Waals surface area contributed by atoms with Gasteiger partial charge >= 0.3 is 0 Å². The molecule has 4 aliphatic rings. The zero-order valence-electron chi connectivity index (χ0n) is 13.1. The summed E-state index contributed by atoms with van der Waals surface area (Å²) in [5, 5.41) is 8.97. The molecule has 2 nitrogen and oxygen atoms in total. The number of hydrogen-bond donors (Lipinski definition) is 2. The van der Waals surface area contributed by atoms with E-state index in [1.807, 2.05) is 18.2 Å². The Balaban J connectivity index is 1.36. The predicted octanol–water partition coefficient (Wildman–Crippen LogP) is 4.93. The third-order valence-corrected chi connectivity index (χ3v) is 6.84. The highest BCUT2D eigenvalue weighted by Gasteiger charge is 2.51. The Morgan fingerprint density at radius 1 is 1.04 bits per heavy atom. The highest BCUT2D eigenvalue weighted by molar-refractivity contribution is 7.80. The van der Waals surface area contributed by atoms with E-state index in [0.717, 1.165) is 28.4 Å². The first-order chi connectivity index (χ1) is 11.0. The highest BCUT2D eigenvalue weighted by atomic mass is 35.5. The van der Waals surface area contributed by atoms with Crippen LogP contribution in [0.1, 0.15) is 44.1 Å². The molecular formula is C18H22Cl2N2S. The standard InChI is InChI=1S/C18H22Cl2N2S/c19-15-2-1-11(6-16(15)20)10-21-17(23)22-18-7-12-3-13(8-18)5-14(4-12)9-18/h1-2,6,12-14H,3-5,7-10H2,(H2,21,22,23). The van der Waals surface area contributed by atoms with Crippen molar-refractivity contribution in [2.45, 2.75) is 50.6 Å². The molecule has 5 heteroatoms. The van der Waals surface area contributed by atoms with Gasteiger partial charge in [-0.05, 0) is 86.2 Å². The molecule has 124 valence electrons. The van der Waals surface area contributed by atoms with Crippen LogP contribution in [-0.4, -0.2) is 10.7 Å². The maximum atomic E-state index is 6.07. The third-order valence-electron chi connectivity index (χ3n) is 5.85. The van der Waals surface area contributed by atoms with E-state index >= 15 is 0 Å². The first kappa shape index (κ1) is 16.0. The van der Waals surface area contributed by atoms with Crippen molar-refractivity contribution in [3.05, 3.63) is 33.8 Å². The highest BCUT2D eigenvalue weighted by Crippen LogP contribution is 2.55. The minimum atomic E-state index is 0.260. The van der Waals surface area contributed by atoms with Crippen molar-refractivity contribution in [3.63, 3.8) is 0 Å². The van der Waals surface area contributed by atoms with Gasteiger partial charge in [-0.2, -0.15) is 0 Å². The second-order valence-corrected chi connectivity index (χ2v) is 8.98. The van der Waals surface area contributed by atoms with Crippen LogP contribution in [-0.2, 0) is 6.54 Å². The summed E-state index contributed by atoms with van der Waals surface area (Å²) in [7, 11) is 0. The molecular weight excluding hydrogens is 347 g/mol. The average Bonchev–Trinajstić information content (AvgIpc) is 2.46. The number of hydrogen-bond acceptors (Lipinski definition) is 1. The monoisotopic (exact) mass is 368 g/mol. The van der Waals surface area contributed by atoms with Gasteiger partial charge < -0.3 is 10.6 Å². The normalized spacial score (nSPS) is 34.4. The molecule has 0 heterocycles. The van der Waals surface area contributed by atoms with Crippen LogP contribution in [0, 0.1) is 17.8 Å². The quantitative estimate of drug-likeness (QED) is 0.739. The van der Waals surface area contributed by atoms with Crippen LogP contribution in [0.15, 0.2) is 18.2 Å². The van der Waals surface area contributed by atoms with Crippen molar-refractivity contribution in [2.24, 2.45) is 17.8 Å². The largest absolute Gasteiger partial charge is 0.359 e. The van der Waals surface area contributed by atoms with Crippen LogP contribution in [0.25, 0.3) is 0 Å². The molecule has 0 aliphatic heterocycles. The van der Waals surface area contributed by atoms with E-state index in [4.69, 9.17) is 35.4 Å². The van der Waals surface area contributed by atoms with Crippen LogP contribution < -0.4 is 10.6 Å². The fourth-order valence-corrected chi connectivity index (χ4v) is 5.99. The molecule has 1 aromatic carbocycles. The summed E-state index contributed by atoms with van der Waals surface area (Å²) < 4.78 is 0. The van der Waals surface area contributed by atoms with E-state index in [9.17, 15) is 0 Å². The van der Waals surface area contributed by atoms with Crippen LogP contribution in [0.3, 0.4) is 0 Å². The van der Waals surface area contributed by atoms with E-state index in [1.165, 1.54) is 38.5 Å². The minimum Gasteiger partial charge on any atom is -0.359 e. The molecule has 0 radical (unpaired) electrons. The Bertz CT molecular complexity index is 596. The van der Waals surface area contributed by atoms with Gasteiger partial charge in [0.15, 0.2) is 5.11 Å². The van der Waals surface area contributed by atoms with Crippen LogP contribution in [0.4, 0.5) is 0 Å². The van der Waals surface area contributed by atoms with Crippen molar-refractivity contribution in [1.29, 1.82) is 0 Å². The van der Waals surface area contributed by atoms with Gasteiger partial charge in [-0.25, -0.2) is 0 Å². The van der Waals surface area contributed by atoms with Crippen molar-refractivity contribution < 1.29 is 0 Å². The van der Waals surface area contributed by atoms with Crippen molar-refractivity contribution in [2.75, 3.05) is 0 Å². The van der Waals surface area contributed by atoms with E-state index in [2.05, 4.69) is 10.6 Å². The van der Waals surface area contributed by atoms with Crippen LogP contribution >= 0.6 is 35.4 Å². The van der Waals surface area contributed by atoms with Gasteiger partial charge in [0.25, 0.3) is 0 Å². The van der Waals surface area contributed by atoms with Gasteiger partial charge in [0.1, 0.15) is 0 Å². The van der Waals surface area contributed by atoms with E-state index in [1.54, 1.807) is 0 Å². The van der Waals surface area contributed by atoms with Crippen molar-refractivity contribution in [3.8, 4) is 0 Å². The lowest BCUT2D eigenvalue weighted by atomic mass is 9.53. The number of thiocarbonyl (C=S) groups is 1. The lowest BCUT2D eigenvalue weighted by Crippen LogP contribution is -2.61. The second kappa shape index (κ2) is 6.09. The Hall–Kier alpha value is -0.510. The summed E-state index contributed by atoms with van der Waals surface area (Å²) in [6.07, 6.45) is 8.24. The van der Waals surface area contributed by atoms with Crippen LogP contribution in [0.2, 0.25) is 10.0 Å². The maximum Gasteiger partial charge on any atom is 0.166 e. The van der Waals surface area contributed by atoms with Crippen LogP contribution in [0.5, 0.6) is 0 Å². The van der Waals surface area contributed by atoms with Crippen molar-refractivity contribution in [1.82, 2.24) is 10.6 Å². The molecule has 1 aromatic rings. The number of benzene rings is 1. The zero-order valence-corrected chi connectivity index (χ0v) is 15.4. The minimum absolute atomic E-state index is 0.260. The molecule has 0 atom stereocenters. The molecule has 0 aromatic heterocycles. The smallest absolute Gasteiger partial charge is 0.166 e. The lowest BCUT2D eigenvalue weighted by Gasteiger charge is -2.57. The predicted molar refractivity (Wildman–Crippen MR) is 99.9 cm³/mol. The van der Waals surface area contributed by atoms with Gasteiger partial charge in [0.05, 0.1) is 10.0 Å². The van der Waals surface area contributed by atoms with Gasteiger partial charge in [0, 0.05) is 12.1 Å². The molecule has 5 rings (SSSR count). The first-order valence-electron chi connectivity index (χ1n) is 8.51. The molecule has 4 bridgehead atoms. The topological polar surface area (TPSA) is 24.1 Å². The van der Waals surface area contributed by atoms with E-state index in [0.29, 0.717) is 16.6 Å². The molecule has 0 spiro atoms. The fraction of sp³-hybridized carbons (Fsp3) is 0.611. The molecule has 4 saturated carbocycles. The third kappa shape index (κ3) is 3.33. The SMILES string of the molecule is S=C(NCc1ccc(Cl)c(Cl)c1)NC12CC3CC(CC(C3)C1)C2. The molecule has 4 aliphatic carbocycles. The first-order valence-corrected chi connectivity index (χ1v) is 9.68. The zero-order chi connectivity index (χ0) is 16.0. The van der Waals surface area contributed by atoms with Gasteiger partial charge in [-0.15, -0.1) is 0 Å². The second-order valence-electron chi connectivity index (χ2n) is 7.75. The molecule has 4 fully saturated rings. The Kier molecular flexibility index (Phi) is 4.23. The van der Waals surface area contributed by atoms with Gasteiger partial charge in [-0.3, -0.25) is 0 Å². The van der Waals surface area contributed by atoms with Gasteiger partial charge in [0.2, 0.25) is 0 Å². The summed E-state index contributed by atoms with van der Waals surface area (Å²) in [6, 6.07) is 5.70. The fourth-order valence-electron chi connectivity index (χ4n) is 5.38. The molecule has 0 saturated heterocycles. The number of nitrogens with one attached hydrogen (secondary N) is 2. The van der Waals surface area contributed by atoms with E-state index in [-0.39, 0.29) is 5.54 Å². The molecule has 0 unspecified atom stereocenters. The summed E-state index contributed by atoms with van der Waals surface area (Å²) in [5.74, 6) is 2.77. The Morgan fingerprint density at radius 3 is 2.22 bits per heavy atom. The number of halogens is 2. The summed E-state index contributed by atoms with van der Waals surface area (Å²) in [6.45, 7) is 0.676. The maximum absolute atomic E-state index is 6.07. The Labute approximate surface area is 153 Å². The summed E-state index contributed by atoms with van der Waals surface area (Å²) in [5.41, 5.74) is 1.35. The van der Waals surface area contributed by atoms with E-state index < -0.39 is 0 Å². The average molecular weight is 369 g/mol. The van der Waals surface area contributed by atoms with Crippen molar-refractivity contribution >= 4 is 40.5 Å². The lowest BCUT2D eigenvalue weighted by molar-refractivity contribution is -0.0101. The number of rotatable bonds is 3. The summed E-state index contributed by atoms with van der Waals surface area (Å²) in [4.78, 5) is 0. The molecule has 0 amide bonds. The summed E-state index contributed by atoms with van der Waals surface area (Å²) >= 11 is 17.6. The van der Waals surface area contributed by atoms with Gasteiger partial charge in [-0.1, -0.05) is 29.3 Å². The molecule has 23 heavy (non-hydrogen) atoms. The molecule has 2 N–H and O–H groups in total. The Morgan fingerprint density at radius 2 is 1.65 bits per heavy atom.